The Bertz CT molecular complexity index is 864. The van der Waals surface area contributed by atoms with Gasteiger partial charge in [-0.1, -0.05) is 35.9 Å². The lowest BCUT2D eigenvalue weighted by atomic mass is 10.0. The van der Waals surface area contributed by atoms with Crippen LogP contribution in [0.25, 0.3) is 6.08 Å². The van der Waals surface area contributed by atoms with Gasteiger partial charge in [0.1, 0.15) is 5.75 Å². The molecule has 28 heavy (non-hydrogen) atoms. The van der Waals surface area contributed by atoms with Crippen LogP contribution in [0.1, 0.15) is 34.3 Å². The Balaban J connectivity index is 1.49. The van der Waals surface area contributed by atoms with Gasteiger partial charge in [0.15, 0.2) is 0 Å². The number of nitrogens with one attached hydrogen (secondary N) is 1. The van der Waals surface area contributed by atoms with E-state index in [1.54, 1.807) is 31.4 Å². The molecule has 1 aliphatic rings. The average molecular weight is 380 g/mol. The van der Waals surface area contributed by atoms with Crippen LogP contribution in [0.5, 0.6) is 5.75 Å². The molecular formula is C22H24N2O4. The van der Waals surface area contributed by atoms with Gasteiger partial charge in [0, 0.05) is 19.6 Å². The monoisotopic (exact) mass is 380 g/mol. The van der Waals surface area contributed by atoms with Crippen LogP contribution in [-0.4, -0.2) is 42.2 Å². The number of piperidine rings is 1. The fraction of sp³-hybridized carbons (Fsp3) is 0.273. The van der Waals surface area contributed by atoms with Crippen LogP contribution in [-0.2, 0) is 6.54 Å². The highest BCUT2D eigenvalue weighted by atomic mass is 16.5. The molecule has 2 amide bonds. The standard InChI is InChI=1S/C22H24N2O4/c1-28-20-4-2-3-18(14-20)13-16-9-11-24(12-10-16)22(27)23-15-17-5-7-19(8-6-17)21(25)26/h2-8,13-14H,9-12,15H2,1H3,(H,23,27)(H,25,26). The van der Waals surface area contributed by atoms with Crippen molar-refractivity contribution in [3.05, 3.63) is 70.8 Å². The van der Waals surface area contributed by atoms with E-state index in [-0.39, 0.29) is 11.6 Å². The molecule has 1 fully saturated rings. The normalized spacial score (nSPS) is 13.8. The Kier molecular flexibility index (Phi) is 6.32. The first kappa shape index (κ1) is 19.5. The number of carbonyl (C=O) groups is 2. The molecule has 0 aromatic heterocycles. The van der Waals surface area contributed by atoms with Crippen molar-refractivity contribution in [2.45, 2.75) is 19.4 Å². The van der Waals surface area contributed by atoms with Gasteiger partial charge in [-0.05, 0) is 48.2 Å². The molecule has 3 rings (SSSR count). The minimum absolute atomic E-state index is 0.0947. The van der Waals surface area contributed by atoms with E-state index in [4.69, 9.17) is 9.84 Å². The molecule has 0 unspecified atom stereocenters. The third-order valence-corrected chi connectivity index (χ3v) is 4.80. The molecule has 0 radical (unpaired) electrons. The lowest BCUT2D eigenvalue weighted by molar-refractivity contribution is 0.0697. The van der Waals surface area contributed by atoms with Crippen LogP contribution in [0, 0.1) is 0 Å². The zero-order chi connectivity index (χ0) is 19.9. The number of nitrogens with zero attached hydrogens (tertiary/aromatic N) is 1. The summed E-state index contributed by atoms with van der Waals surface area (Å²) in [4.78, 5) is 25.1. The third kappa shape index (κ3) is 5.13. The van der Waals surface area contributed by atoms with Crippen LogP contribution < -0.4 is 10.1 Å². The lowest BCUT2D eigenvalue weighted by Crippen LogP contribution is -2.42. The molecule has 6 nitrogen and oxygen atoms in total. The molecule has 2 aromatic rings. The molecule has 0 atom stereocenters. The number of aromatic carboxylic acids is 1. The molecular weight excluding hydrogens is 356 g/mol. The van der Waals surface area contributed by atoms with Gasteiger partial charge in [-0.3, -0.25) is 0 Å². The number of amides is 2. The third-order valence-electron chi connectivity index (χ3n) is 4.80. The maximum atomic E-state index is 12.4. The summed E-state index contributed by atoms with van der Waals surface area (Å²) in [5, 5.41) is 11.8. The number of ether oxygens (including phenoxy) is 1. The Morgan fingerprint density at radius 2 is 1.86 bits per heavy atom. The fourth-order valence-corrected chi connectivity index (χ4v) is 3.16. The van der Waals surface area contributed by atoms with Crippen molar-refractivity contribution in [3.63, 3.8) is 0 Å². The number of benzene rings is 2. The van der Waals surface area contributed by atoms with E-state index < -0.39 is 5.97 Å². The highest BCUT2D eigenvalue weighted by Crippen LogP contribution is 2.21. The summed E-state index contributed by atoms with van der Waals surface area (Å²) >= 11 is 0. The van der Waals surface area contributed by atoms with Crippen LogP contribution in [0.4, 0.5) is 4.79 Å². The fourth-order valence-electron chi connectivity index (χ4n) is 3.16. The van der Waals surface area contributed by atoms with Gasteiger partial charge < -0.3 is 20.1 Å². The van der Waals surface area contributed by atoms with E-state index in [2.05, 4.69) is 11.4 Å². The second kappa shape index (κ2) is 9.08. The second-order valence-electron chi connectivity index (χ2n) is 6.73. The summed E-state index contributed by atoms with van der Waals surface area (Å²) in [5.74, 6) is -0.121. The predicted molar refractivity (Wildman–Crippen MR) is 107 cm³/mol. The molecule has 1 aliphatic heterocycles. The molecule has 0 aliphatic carbocycles. The summed E-state index contributed by atoms with van der Waals surface area (Å²) in [6.45, 7) is 1.74. The molecule has 2 N–H and O–H groups in total. The maximum absolute atomic E-state index is 12.4. The first-order valence-electron chi connectivity index (χ1n) is 9.23. The van der Waals surface area contributed by atoms with Crippen molar-refractivity contribution in [2.75, 3.05) is 20.2 Å². The van der Waals surface area contributed by atoms with Crippen LogP contribution in [0.2, 0.25) is 0 Å². The van der Waals surface area contributed by atoms with E-state index in [0.717, 1.165) is 29.7 Å². The number of hydrogen-bond acceptors (Lipinski definition) is 3. The van der Waals surface area contributed by atoms with Crippen molar-refractivity contribution in [2.24, 2.45) is 0 Å². The van der Waals surface area contributed by atoms with Gasteiger partial charge in [0.2, 0.25) is 0 Å². The Morgan fingerprint density at radius 1 is 1.14 bits per heavy atom. The molecule has 0 spiro atoms. The van der Waals surface area contributed by atoms with Gasteiger partial charge >= 0.3 is 12.0 Å². The SMILES string of the molecule is COc1cccc(C=C2CCN(C(=O)NCc3ccc(C(=O)O)cc3)CC2)c1. The molecule has 6 heteroatoms. The summed E-state index contributed by atoms with van der Waals surface area (Å²) in [5.41, 5.74) is 3.54. The van der Waals surface area contributed by atoms with Gasteiger partial charge in [-0.2, -0.15) is 0 Å². The number of rotatable bonds is 5. The van der Waals surface area contributed by atoms with E-state index in [1.807, 2.05) is 29.2 Å². The molecule has 1 saturated heterocycles. The van der Waals surface area contributed by atoms with Gasteiger partial charge in [-0.15, -0.1) is 0 Å². The summed E-state index contributed by atoms with van der Waals surface area (Å²) in [7, 11) is 1.66. The summed E-state index contributed by atoms with van der Waals surface area (Å²) in [6, 6.07) is 14.4. The quantitative estimate of drug-likeness (QED) is 0.827. The molecule has 2 aromatic carbocycles. The van der Waals surface area contributed by atoms with Gasteiger partial charge in [0.05, 0.1) is 12.7 Å². The average Bonchev–Trinajstić information content (AvgIpc) is 2.73. The van der Waals surface area contributed by atoms with E-state index in [1.165, 1.54) is 5.57 Å². The van der Waals surface area contributed by atoms with Crippen molar-refractivity contribution >= 4 is 18.1 Å². The predicted octanol–water partition coefficient (Wildman–Crippen LogP) is 3.78. The molecule has 1 heterocycles. The van der Waals surface area contributed by atoms with E-state index in [9.17, 15) is 9.59 Å². The topological polar surface area (TPSA) is 78.9 Å². The highest BCUT2D eigenvalue weighted by molar-refractivity contribution is 5.87. The lowest BCUT2D eigenvalue weighted by Gasteiger charge is -2.28. The number of carboxylic acid groups (broad SMARTS) is 1. The Labute approximate surface area is 164 Å². The smallest absolute Gasteiger partial charge is 0.335 e. The number of carboxylic acids is 1. The first-order chi connectivity index (χ1) is 13.5. The summed E-state index contributed by atoms with van der Waals surface area (Å²) in [6.07, 6.45) is 3.86. The van der Waals surface area contributed by atoms with E-state index in [0.29, 0.717) is 19.6 Å². The second-order valence-corrected chi connectivity index (χ2v) is 6.73. The largest absolute Gasteiger partial charge is 0.497 e. The van der Waals surface area contributed by atoms with Crippen molar-refractivity contribution in [3.8, 4) is 5.75 Å². The number of hydrogen-bond donors (Lipinski definition) is 2. The van der Waals surface area contributed by atoms with Gasteiger partial charge in [-0.25, -0.2) is 9.59 Å². The zero-order valence-corrected chi connectivity index (χ0v) is 15.9. The first-order valence-corrected chi connectivity index (χ1v) is 9.23. The highest BCUT2D eigenvalue weighted by Gasteiger charge is 2.18. The molecule has 0 saturated carbocycles. The van der Waals surface area contributed by atoms with Crippen molar-refractivity contribution < 1.29 is 19.4 Å². The van der Waals surface area contributed by atoms with Gasteiger partial charge in [0.25, 0.3) is 0 Å². The molecule has 146 valence electrons. The van der Waals surface area contributed by atoms with Crippen molar-refractivity contribution in [1.29, 1.82) is 0 Å². The molecule has 0 bridgehead atoms. The summed E-state index contributed by atoms with van der Waals surface area (Å²) < 4.78 is 5.25. The zero-order valence-electron chi connectivity index (χ0n) is 15.9. The van der Waals surface area contributed by atoms with Crippen LogP contribution in [0.3, 0.4) is 0 Å². The minimum atomic E-state index is -0.957. The maximum Gasteiger partial charge on any atom is 0.335 e. The number of carbonyl (C=O) groups excluding carboxylic acids is 1. The number of methoxy groups -OCH3 is 1. The number of urea groups is 1. The van der Waals surface area contributed by atoms with E-state index >= 15 is 0 Å². The van der Waals surface area contributed by atoms with Crippen LogP contribution >= 0.6 is 0 Å². The number of likely N-dealkylation sites (tertiary alicyclic amines) is 1. The van der Waals surface area contributed by atoms with Crippen molar-refractivity contribution in [1.82, 2.24) is 10.2 Å². The Morgan fingerprint density at radius 3 is 2.50 bits per heavy atom. The Hall–Kier alpha value is -3.28. The minimum Gasteiger partial charge on any atom is -0.497 e. The van der Waals surface area contributed by atoms with Crippen LogP contribution in [0.15, 0.2) is 54.1 Å².